The summed E-state index contributed by atoms with van der Waals surface area (Å²) in [5.74, 6) is 0. The number of hydrogen-bond acceptors (Lipinski definition) is 1. The average molecular weight is 179 g/mol. The Kier molecular flexibility index (Phi) is 5.20. The number of allylic oxidation sites excluding steroid dienone is 5. The van der Waals surface area contributed by atoms with Crippen molar-refractivity contribution in [3.05, 3.63) is 35.2 Å². The van der Waals surface area contributed by atoms with E-state index in [0.29, 0.717) is 0 Å². The average Bonchev–Trinajstić information content (AvgIpc) is 1.98. The van der Waals surface area contributed by atoms with Crippen molar-refractivity contribution in [2.45, 2.75) is 34.6 Å². The van der Waals surface area contributed by atoms with Gasteiger partial charge in [-0.05, 0) is 40.7 Å². The first-order valence-corrected chi connectivity index (χ1v) is 4.63. The largest absolute Gasteiger partial charge is 0.355 e. The van der Waals surface area contributed by atoms with Crippen molar-refractivity contribution in [3.63, 3.8) is 0 Å². The molecule has 1 heteroatoms. The highest BCUT2D eigenvalue weighted by Crippen LogP contribution is 2.04. The second kappa shape index (κ2) is 5.63. The molecule has 0 atom stereocenters. The molecule has 0 heterocycles. The van der Waals surface area contributed by atoms with Crippen LogP contribution in [0, 0.1) is 0 Å². The lowest BCUT2D eigenvalue weighted by Gasteiger charge is -2.14. The van der Waals surface area contributed by atoms with Crippen LogP contribution in [0.15, 0.2) is 35.2 Å². The van der Waals surface area contributed by atoms with Gasteiger partial charge in [0.2, 0.25) is 0 Å². The molecule has 0 fully saturated rings. The maximum Gasteiger partial charge on any atom is 0.0140 e. The lowest BCUT2D eigenvalue weighted by atomic mass is 10.3. The van der Waals surface area contributed by atoms with E-state index in [-0.39, 0.29) is 0 Å². The van der Waals surface area contributed by atoms with E-state index in [1.807, 2.05) is 0 Å². The minimum absolute atomic E-state index is 1.25. The Bertz CT molecular complexity index is 236. The van der Waals surface area contributed by atoms with Gasteiger partial charge in [-0.2, -0.15) is 0 Å². The topological polar surface area (TPSA) is 3.24 Å². The van der Waals surface area contributed by atoms with Gasteiger partial charge in [0.25, 0.3) is 0 Å². The van der Waals surface area contributed by atoms with Crippen LogP contribution in [0.4, 0.5) is 0 Å². The molecular weight excluding hydrogens is 158 g/mol. The van der Waals surface area contributed by atoms with Crippen molar-refractivity contribution in [1.29, 1.82) is 0 Å². The quantitative estimate of drug-likeness (QED) is 0.597. The van der Waals surface area contributed by atoms with Gasteiger partial charge in [-0.15, -0.1) is 0 Å². The zero-order chi connectivity index (χ0) is 10.4. The van der Waals surface area contributed by atoms with Gasteiger partial charge in [0, 0.05) is 18.9 Å². The van der Waals surface area contributed by atoms with E-state index in [1.54, 1.807) is 0 Å². The monoisotopic (exact) mass is 179 g/mol. The Labute approximate surface area is 82.4 Å². The summed E-state index contributed by atoms with van der Waals surface area (Å²) in [7, 11) is 2.07. The van der Waals surface area contributed by atoms with Gasteiger partial charge >= 0.3 is 0 Å². The summed E-state index contributed by atoms with van der Waals surface area (Å²) in [4.78, 5) is 2.13. The molecule has 0 aromatic carbocycles. The highest BCUT2D eigenvalue weighted by atomic mass is 15.1. The molecule has 0 aliphatic heterocycles. The summed E-state index contributed by atoms with van der Waals surface area (Å²) in [5.41, 5.74) is 3.89. The van der Waals surface area contributed by atoms with Crippen LogP contribution in [0.1, 0.15) is 34.6 Å². The summed E-state index contributed by atoms with van der Waals surface area (Å²) < 4.78 is 0. The third kappa shape index (κ3) is 6.21. The standard InChI is InChI=1S/C12H21N/c1-10(2)7-8-12(5)13(6)9-11(3)4/h7-9H,1-6H3/b12-8+. The van der Waals surface area contributed by atoms with Crippen molar-refractivity contribution in [2.75, 3.05) is 7.05 Å². The summed E-state index contributed by atoms with van der Waals surface area (Å²) in [6, 6.07) is 0. The van der Waals surface area contributed by atoms with Crippen LogP contribution in [0.5, 0.6) is 0 Å². The fourth-order valence-corrected chi connectivity index (χ4v) is 0.894. The van der Waals surface area contributed by atoms with Gasteiger partial charge in [0.05, 0.1) is 0 Å². The van der Waals surface area contributed by atoms with E-state index in [1.165, 1.54) is 16.8 Å². The van der Waals surface area contributed by atoms with Gasteiger partial charge in [-0.1, -0.05) is 17.2 Å². The first kappa shape index (κ1) is 12.0. The second-order valence-corrected chi connectivity index (χ2v) is 3.87. The van der Waals surface area contributed by atoms with Crippen LogP contribution in [0.2, 0.25) is 0 Å². The van der Waals surface area contributed by atoms with Crippen LogP contribution in [-0.4, -0.2) is 11.9 Å². The van der Waals surface area contributed by atoms with Crippen LogP contribution >= 0.6 is 0 Å². The van der Waals surface area contributed by atoms with Crippen LogP contribution in [0.25, 0.3) is 0 Å². The van der Waals surface area contributed by atoms with Crippen molar-refractivity contribution < 1.29 is 0 Å². The van der Waals surface area contributed by atoms with Gasteiger partial charge in [0.15, 0.2) is 0 Å². The highest BCUT2D eigenvalue weighted by molar-refractivity contribution is 5.15. The molecule has 0 unspecified atom stereocenters. The lowest BCUT2D eigenvalue weighted by Crippen LogP contribution is -2.07. The Morgan fingerprint density at radius 3 is 1.77 bits per heavy atom. The second-order valence-electron chi connectivity index (χ2n) is 3.87. The van der Waals surface area contributed by atoms with Crippen LogP contribution < -0.4 is 0 Å². The highest BCUT2D eigenvalue weighted by Gasteiger charge is 1.92. The smallest absolute Gasteiger partial charge is 0.0140 e. The van der Waals surface area contributed by atoms with E-state index in [0.717, 1.165) is 0 Å². The van der Waals surface area contributed by atoms with Crippen molar-refractivity contribution >= 4 is 0 Å². The zero-order valence-corrected chi connectivity index (χ0v) is 9.68. The fourth-order valence-electron chi connectivity index (χ4n) is 0.894. The lowest BCUT2D eigenvalue weighted by molar-refractivity contribution is 0.565. The van der Waals surface area contributed by atoms with Crippen molar-refractivity contribution in [2.24, 2.45) is 0 Å². The molecule has 0 rings (SSSR count). The number of nitrogens with zero attached hydrogens (tertiary/aromatic N) is 1. The van der Waals surface area contributed by atoms with E-state index in [4.69, 9.17) is 0 Å². The third-order valence-electron chi connectivity index (χ3n) is 1.67. The fraction of sp³-hybridized carbons (Fsp3) is 0.500. The predicted molar refractivity (Wildman–Crippen MR) is 60.4 cm³/mol. The molecule has 0 saturated heterocycles. The molecule has 0 aliphatic carbocycles. The third-order valence-corrected chi connectivity index (χ3v) is 1.67. The minimum Gasteiger partial charge on any atom is -0.355 e. The van der Waals surface area contributed by atoms with E-state index in [9.17, 15) is 0 Å². The SMILES string of the molecule is CC(C)=C/C=C(\C)N(C)C=C(C)C. The molecule has 0 aromatic rings. The van der Waals surface area contributed by atoms with Crippen LogP contribution in [-0.2, 0) is 0 Å². The Morgan fingerprint density at radius 2 is 1.38 bits per heavy atom. The molecule has 0 aromatic heterocycles. The molecule has 0 radical (unpaired) electrons. The first-order valence-electron chi connectivity index (χ1n) is 4.63. The van der Waals surface area contributed by atoms with Crippen molar-refractivity contribution in [3.8, 4) is 0 Å². The molecular formula is C12H21N. The predicted octanol–water partition coefficient (Wildman–Crippen LogP) is 3.71. The zero-order valence-electron chi connectivity index (χ0n) is 9.68. The molecule has 0 amide bonds. The van der Waals surface area contributed by atoms with Gasteiger partial charge in [-0.3, -0.25) is 0 Å². The summed E-state index contributed by atoms with van der Waals surface area (Å²) in [5, 5.41) is 0. The van der Waals surface area contributed by atoms with Gasteiger partial charge in [-0.25, -0.2) is 0 Å². The molecule has 0 bridgehead atoms. The number of hydrogen-bond donors (Lipinski definition) is 0. The molecule has 1 nitrogen and oxygen atoms in total. The summed E-state index contributed by atoms with van der Waals surface area (Å²) in [6.45, 7) is 10.5. The van der Waals surface area contributed by atoms with Gasteiger partial charge in [0.1, 0.15) is 0 Å². The van der Waals surface area contributed by atoms with E-state index in [2.05, 4.69) is 64.9 Å². The summed E-state index contributed by atoms with van der Waals surface area (Å²) >= 11 is 0. The molecule has 74 valence electrons. The normalized spacial score (nSPS) is 10.8. The first-order chi connectivity index (χ1) is 5.93. The molecule has 0 aliphatic rings. The van der Waals surface area contributed by atoms with Gasteiger partial charge < -0.3 is 4.90 Å². The maximum atomic E-state index is 2.13. The van der Waals surface area contributed by atoms with Crippen molar-refractivity contribution in [1.82, 2.24) is 4.90 Å². The summed E-state index contributed by atoms with van der Waals surface area (Å²) in [6.07, 6.45) is 6.39. The minimum atomic E-state index is 1.25. The molecule has 0 N–H and O–H groups in total. The molecule has 0 spiro atoms. The Morgan fingerprint density at radius 1 is 0.846 bits per heavy atom. The maximum absolute atomic E-state index is 2.13. The molecule has 0 saturated carbocycles. The molecule has 13 heavy (non-hydrogen) atoms. The Hall–Kier alpha value is -0.980. The Balaban J connectivity index is 4.42. The van der Waals surface area contributed by atoms with E-state index < -0.39 is 0 Å². The van der Waals surface area contributed by atoms with E-state index >= 15 is 0 Å². The van der Waals surface area contributed by atoms with Crippen LogP contribution in [0.3, 0.4) is 0 Å². The number of rotatable bonds is 3.